The molecule has 0 unspecified atom stereocenters. The molecule has 0 fully saturated rings. The third kappa shape index (κ3) is 12.3. The Labute approximate surface area is 208 Å². The predicted molar refractivity (Wildman–Crippen MR) is 143 cm³/mol. The first-order valence-corrected chi connectivity index (χ1v) is 14.0. The van der Waals surface area contributed by atoms with Crippen molar-refractivity contribution in [3.63, 3.8) is 0 Å². The summed E-state index contributed by atoms with van der Waals surface area (Å²) < 4.78 is 5.73. The van der Waals surface area contributed by atoms with Crippen LogP contribution in [-0.2, 0) is 11.2 Å². The van der Waals surface area contributed by atoms with Gasteiger partial charge in [-0.2, -0.15) is 0 Å². The molecule has 1 heterocycles. The van der Waals surface area contributed by atoms with E-state index in [1.54, 1.807) is 0 Å². The largest absolute Gasteiger partial charge is 0.475 e. The Morgan fingerprint density at radius 3 is 1.70 bits per heavy atom. The molecule has 2 rings (SSSR count). The lowest BCUT2D eigenvalue weighted by Gasteiger charge is -2.08. The van der Waals surface area contributed by atoms with Gasteiger partial charge in [0.15, 0.2) is 0 Å². The van der Waals surface area contributed by atoms with Crippen LogP contribution in [0.4, 0.5) is 0 Å². The van der Waals surface area contributed by atoms with Crippen molar-refractivity contribution in [3.05, 3.63) is 34.3 Å². The van der Waals surface area contributed by atoms with E-state index in [1.807, 2.05) is 0 Å². The molecule has 0 atom stereocenters. The molecule has 1 aliphatic rings. The van der Waals surface area contributed by atoms with Gasteiger partial charge in [0.1, 0.15) is 6.61 Å². The van der Waals surface area contributed by atoms with E-state index < -0.39 is 0 Å². The van der Waals surface area contributed by atoms with Gasteiger partial charge < -0.3 is 9.84 Å². The van der Waals surface area contributed by atoms with Crippen LogP contribution < -0.4 is 0 Å². The molecule has 0 amide bonds. The number of hydrogen-bond acceptors (Lipinski definition) is 3. The lowest BCUT2D eigenvalue weighted by Crippen LogP contribution is -2.17. The second kappa shape index (κ2) is 16.5. The predicted octanol–water partition coefficient (Wildman–Crippen LogP) is 8.67. The maximum Gasteiger partial charge on any atom is 0.218 e. The Morgan fingerprint density at radius 2 is 1.27 bits per heavy atom. The Bertz CT molecular complexity index is 686. The summed E-state index contributed by atoms with van der Waals surface area (Å²) in [5, 5.41) is 9.52. The fourth-order valence-corrected chi connectivity index (χ4v) is 4.81. The zero-order valence-corrected chi connectivity index (χ0v) is 22.1. The number of aliphatic imine (C=N–C) groups is 1. The van der Waals surface area contributed by atoms with Crippen molar-refractivity contribution in [3.8, 4) is 0 Å². The Balaban J connectivity index is 1.41. The average Bonchev–Trinajstić information content (AvgIpc) is 3.15. The highest BCUT2D eigenvalue weighted by atomic mass is 35.5. The van der Waals surface area contributed by atoms with E-state index in [-0.39, 0.29) is 5.54 Å². The first kappa shape index (κ1) is 28.2. The zero-order valence-electron chi connectivity index (χ0n) is 21.3. The number of hydrogen-bond donors (Lipinski definition) is 1. The maximum absolute atomic E-state index is 8.77. The van der Waals surface area contributed by atoms with E-state index >= 15 is 0 Å². The SMILES string of the molecule is CC1(C)COC(c2ccc(CCCCCCCCCCCCCCCCCCO)cc2Cl)=N1. The van der Waals surface area contributed by atoms with Crippen molar-refractivity contribution in [2.45, 2.75) is 129 Å². The summed E-state index contributed by atoms with van der Waals surface area (Å²) in [5.41, 5.74) is 2.07. The fourth-order valence-electron chi connectivity index (χ4n) is 4.53. The monoisotopic (exact) mass is 477 g/mol. The van der Waals surface area contributed by atoms with Crippen molar-refractivity contribution in [2.24, 2.45) is 4.99 Å². The van der Waals surface area contributed by atoms with Gasteiger partial charge >= 0.3 is 0 Å². The van der Waals surface area contributed by atoms with Crippen molar-refractivity contribution < 1.29 is 9.84 Å². The molecule has 0 radical (unpaired) electrons. The number of aliphatic hydroxyl groups is 1. The fraction of sp³-hybridized carbons (Fsp3) is 0.759. The summed E-state index contributed by atoms with van der Waals surface area (Å²) in [7, 11) is 0. The number of ether oxygens (including phenoxy) is 1. The van der Waals surface area contributed by atoms with E-state index in [9.17, 15) is 0 Å². The van der Waals surface area contributed by atoms with Gasteiger partial charge in [-0.15, -0.1) is 0 Å². The van der Waals surface area contributed by atoms with Gasteiger partial charge in [-0.25, -0.2) is 4.99 Å². The topological polar surface area (TPSA) is 41.8 Å². The first-order valence-electron chi connectivity index (χ1n) is 13.6. The molecule has 4 heteroatoms. The molecule has 0 spiro atoms. The molecule has 188 valence electrons. The standard InChI is InChI=1S/C29H48ClNO2/c1-29(2)24-33-28(31-29)26-21-20-25(23-27(26)30)19-17-15-13-11-9-7-5-3-4-6-8-10-12-14-16-18-22-32/h20-21,23,32H,3-19,22,24H2,1-2H3. The highest BCUT2D eigenvalue weighted by molar-refractivity contribution is 6.34. The van der Waals surface area contributed by atoms with Crippen LogP contribution in [0.25, 0.3) is 0 Å². The molecule has 0 saturated carbocycles. The van der Waals surface area contributed by atoms with Gasteiger partial charge in [0.2, 0.25) is 5.90 Å². The van der Waals surface area contributed by atoms with Crippen molar-refractivity contribution in [1.29, 1.82) is 0 Å². The molecule has 1 aromatic carbocycles. The minimum Gasteiger partial charge on any atom is -0.475 e. The molecule has 0 saturated heterocycles. The quantitative estimate of drug-likeness (QED) is 0.202. The van der Waals surface area contributed by atoms with E-state index in [4.69, 9.17) is 21.4 Å². The number of halogens is 1. The number of aryl methyl sites for hydroxylation is 1. The highest BCUT2D eigenvalue weighted by Gasteiger charge is 2.28. The van der Waals surface area contributed by atoms with Crippen LogP contribution >= 0.6 is 11.6 Å². The molecular formula is C29H48ClNO2. The molecule has 0 bridgehead atoms. The Kier molecular flexibility index (Phi) is 14.1. The van der Waals surface area contributed by atoms with Gasteiger partial charge in [-0.1, -0.05) is 108 Å². The van der Waals surface area contributed by atoms with Crippen LogP contribution in [-0.4, -0.2) is 29.8 Å². The summed E-state index contributed by atoms with van der Waals surface area (Å²) in [6.45, 7) is 5.13. The third-order valence-corrected chi connectivity index (χ3v) is 6.92. The van der Waals surface area contributed by atoms with Crippen LogP contribution in [0, 0.1) is 0 Å². The summed E-state index contributed by atoms with van der Waals surface area (Å²) in [5.74, 6) is 0.682. The Morgan fingerprint density at radius 1 is 0.788 bits per heavy atom. The average molecular weight is 478 g/mol. The minimum atomic E-state index is -0.154. The number of rotatable bonds is 19. The molecular weight excluding hydrogens is 430 g/mol. The lowest BCUT2D eigenvalue weighted by molar-refractivity contribution is 0.279. The summed E-state index contributed by atoms with van der Waals surface area (Å²) in [6, 6.07) is 6.33. The van der Waals surface area contributed by atoms with Crippen molar-refractivity contribution >= 4 is 17.5 Å². The van der Waals surface area contributed by atoms with E-state index in [0.29, 0.717) is 19.1 Å². The van der Waals surface area contributed by atoms with Crippen LogP contribution in [0.1, 0.15) is 128 Å². The smallest absolute Gasteiger partial charge is 0.218 e. The van der Waals surface area contributed by atoms with E-state index in [0.717, 1.165) is 23.4 Å². The number of nitrogens with zero attached hydrogens (tertiary/aromatic N) is 1. The van der Waals surface area contributed by atoms with E-state index in [1.165, 1.54) is 102 Å². The van der Waals surface area contributed by atoms with Gasteiger partial charge in [-0.3, -0.25) is 0 Å². The number of benzene rings is 1. The Hall–Kier alpha value is -1.06. The number of aliphatic hydroxyl groups excluding tert-OH is 1. The van der Waals surface area contributed by atoms with Gasteiger partial charge in [-0.05, 0) is 50.8 Å². The molecule has 3 nitrogen and oxygen atoms in total. The van der Waals surface area contributed by atoms with Crippen LogP contribution in [0.2, 0.25) is 5.02 Å². The van der Waals surface area contributed by atoms with Crippen LogP contribution in [0.15, 0.2) is 23.2 Å². The van der Waals surface area contributed by atoms with Crippen LogP contribution in [0.5, 0.6) is 0 Å². The first-order chi connectivity index (χ1) is 16.0. The molecule has 1 N–H and O–H groups in total. The summed E-state index contributed by atoms with van der Waals surface area (Å²) in [4.78, 5) is 4.64. The van der Waals surface area contributed by atoms with E-state index in [2.05, 4.69) is 37.0 Å². The number of unbranched alkanes of at least 4 members (excludes halogenated alkanes) is 15. The minimum absolute atomic E-state index is 0.154. The van der Waals surface area contributed by atoms with Gasteiger partial charge in [0.05, 0.1) is 16.1 Å². The molecule has 0 aliphatic carbocycles. The molecule has 33 heavy (non-hydrogen) atoms. The maximum atomic E-state index is 8.77. The third-order valence-electron chi connectivity index (χ3n) is 6.60. The normalized spacial score (nSPS) is 15.0. The summed E-state index contributed by atoms with van der Waals surface area (Å²) >= 11 is 6.52. The second-order valence-corrected chi connectivity index (χ2v) is 10.9. The molecule has 0 aromatic heterocycles. The van der Waals surface area contributed by atoms with Crippen LogP contribution in [0.3, 0.4) is 0 Å². The second-order valence-electron chi connectivity index (χ2n) is 10.5. The van der Waals surface area contributed by atoms with Crippen molar-refractivity contribution in [1.82, 2.24) is 0 Å². The molecule has 1 aromatic rings. The lowest BCUT2D eigenvalue weighted by atomic mass is 10.0. The van der Waals surface area contributed by atoms with Crippen molar-refractivity contribution in [2.75, 3.05) is 13.2 Å². The van der Waals surface area contributed by atoms with Gasteiger partial charge in [0.25, 0.3) is 0 Å². The highest BCUT2D eigenvalue weighted by Crippen LogP contribution is 2.26. The molecule has 1 aliphatic heterocycles. The summed E-state index contributed by atoms with van der Waals surface area (Å²) in [6.07, 6.45) is 22.4. The van der Waals surface area contributed by atoms with Gasteiger partial charge in [0, 0.05) is 6.61 Å². The zero-order chi connectivity index (χ0) is 23.8.